The molecule has 9 heteroatoms. The third-order valence-corrected chi connectivity index (χ3v) is 4.91. The lowest BCUT2D eigenvalue weighted by Crippen LogP contribution is -2.36. The van der Waals surface area contributed by atoms with E-state index in [2.05, 4.69) is 0 Å². The SMILES string of the molecule is CCCCC/C(=C/CC(O)C(CC(O)CCCCCCC[C]=O)[N+](=O)[O-])[N+](=O)[O-]. The van der Waals surface area contributed by atoms with Crippen molar-refractivity contribution in [1.82, 2.24) is 0 Å². The molecule has 0 aromatic rings. The van der Waals surface area contributed by atoms with E-state index in [4.69, 9.17) is 0 Å². The average molecular weight is 416 g/mol. The van der Waals surface area contributed by atoms with Crippen LogP contribution < -0.4 is 0 Å². The van der Waals surface area contributed by atoms with Crippen LogP contribution in [0.3, 0.4) is 0 Å². The fourth-order valence-electron chi connectivity index (χ4n) is 3.13. The van der Waals surface area contributed by atoms with Crippen molar-refractivity contribution < 1.29 is 24.9 Å². The van der Waals surface area contributed by atoms with Gasteiger partial charge in [0.25, 0.3) is 0 Å². The molecule has 3 atom stereocenters. The summed E-state index contributed by atoms with van der Waals surface area (Å²) >= 11 is 0. The van der Waals surface area contributed by atoms with Crippen LogP contribution in [0.2, 0.25) is 0 Å². The molecule has 0 fully saturated rings. The van der Waals surface area contributed by atoms with E-state index in [-0.39, 0.29) is 25.0 Å². The minimum absolute atomic E-state index is 0.0349. The number of unbranched alkanes of at least 4 members (excludes halogenated alkanes) is 7. The standard InChI is InChI=1S/C20H35N2O7/c1-2-3-8-11-17(21(26)27)13-14-20(25)19(22(28)29)16-18(24)12-9-6-4-5-7-10-15-23/h13,18-20,24-25H,2-12,14,16H2,1H3/b17-13-. The van der Waals surface area contributed by atoms with Gasteiger partial charge in [-0.1, -0.05) is 45.4 Å². The van der Waals surface area contributed by atoms with Gasteiger partial charge in [0, 0.05) is 30.6 Å². The third kappa shape index (κ3) is 13.9. The fourth-order valence-corrected chi connectivity index (χ4v) is 3.13. The molecule has 0 rings (SSSR count). The maximum absolute atomic E-state index is 11.3. The molecule has 0 saturated heterocycles. The first-order valence-electron chi connectivity index (χ1n) is 10.5. The summed E-state index contributed by atoms with van der Waals surface area (Å²) in [7, 11) is 0. The molecule has 0 aromatic carbocycles. The van der Waals surface area contributed by atoms with Gasteiger partial charge in [-0.05, 0) is 25.3 Å². The van der Waals surface area contributed by atoms with Crippen LogP contribution in [0.25, 0.3) is 0 Å². The maximum atomic E-state index is 11.3. The minimum atomic E-state index is -1.39. The Kier molecular flexibility index (Phi) is 15.9. The molecule has 0 aliphatic heterocycles. The third-order valence-electron chi connectivity index (χ3n) is 4.91. The highest BCUT2D eigenvalue weighted by Gasteiger charge is 2.32. The average Bonchev–Trinajstić information content (AvgIpc) is 2.67. The monoisotopic (exact) mass is 415 g/mol. The summed E-state index contributed by atoms with van der Waals surface area (Å²) in [4.78, 5) is 31.3. The largest absolute Gasteiger partial charge is 0.393 e. The molecule has 2 N–H and O–H groups in total. The second-order valence-corrected chi connectivity index (χ2v) is 7.41. The normalized spacial score (nSPS) is 14.9. The van der Waals surface area contributed by atoms with E-state index in [1.54, 1.807) is 0 Å². The first-order valence-corrected chi connectivity index (χ1v) is 10.5. The highest BCUT2D eigenvalue weighted by molar-refractivity contribution is 5.50. The van der Waals surface area contributed by atoms with Gasteiger partial charge in [0.2, 0.25) is 11.7 Å². The van der Waals surface area contributed by atoms with Crippen molar-refractivity contribution in [2.45, 2.75) is 109 Å². The lowest BCUT2D eigenvalue weighted by molar-refractivity contribution is -0.536. The zero-order valence-electron chi connectivity index (χ0n) is 17.3. The Hall–Kier alpha value is -1.87. The number of rotatable bonds is 19. The molecule has 167 valence electrons. The molecule has 0 aromatic heterocycles. The lowest BCUT2D eigenvalue weighted by atomic mass is 9.97. The predicted octanol–water partition coefficient (Wildman–Crippen LogP) is 3.72. The second kappa shape index (κ2) is 17.0. The summed E-state index contributed by atoms with van der Waals surface area (Å²) in [6.45, 7) is 1.98. The maximum Gasteiger partial charge on any atom is 0.242 e. The van der Waals surface area contributed by atoms with Crippen LogP contribution in [0.5, 0.6) is 0 Å². The topological polar surface area (TPSA) is 144 Å². The highest BCUT2D eigenvalue weighted by Crippen LogP contribution is 2.18. The first-order chi connectivity index (χ1) is 13.8. The van der Waals surface area contributed by atoms with E-state index in [1.165, 1.54) is 6.08 Å². The van der Waals surface area contributed by atoms with E-state index in [9.17, 15) is 35.2 Å². The summed E-state index contributed by atoms with van der Waals surface area (Å²) in [5.41, 5.74) is -0.0349. The van der Waals surface area contributed by atoms with Crippen molar-refractivity contribution in [3.8, 4) is 0 Å². The van der Waals surface area contributed by atoms with E-state index < -0.39 is 28.1 Å². The van der Waals surface area contributed by atoms with Crippen LogP contribution in [0.15, 0.2) is 11.8 Å². The zero-order chi connectivity index (χ0) is 22.1. The second-order valence-electron chi connectivity index (χ2n) is 7.41. The summed E-state index contributed by atoms with van der Waals surface area (Å²) in [5, 5.41) is 42.6. The van der Waals surface area contributed by atoms with Crippen LogP contribution in [0.4, 0.5) is 0 Å². The van der Waals surface area contributed by atoms with Crippen LogP contribution in [-0.2, 0) is 4.79 Å². The van der Waals surface area contributed by atoms with Crippen molar-refractivity contribution in [1.29, 1.82) is 0 Å². The number of nitro groups is 2. The lowest BCUT2D eigenvalue weighted by Gasteiger charge is -2.18. The Bertz CT molecular complexity index is 511. The van der Waals surface area contributed by atoms with Gasteiger partial charge in [0.15, 0.2) is 6.29 Å². The predicted molar refractivity (Wildman–Crippen MR) is 109 cm³/mol. The van der Waals surface area contributed by atoms with Gasteiger partial charge >= 0.3 is 0 Å². The van der Waals surface area contributed by atoms with Crippen molar-refractivity contribution in [2.24, 2.45) is 0 Å². The summed E-state index contributed by atoms with van der Waals surface area (Å²) in [6.07, 6.45) is 8.13. The highest BCUT2D eigenvalue weighted by atomic mass is 16.6. The molecule has 29 heavy (non-hydrogen) atoms. The van der Waals surface area contributed by atoms with Gasteiger partial charge < -0.3 is 10.2 Å². The van der Waals surface area contributed by atoms with Gasteiger partial charge in [0.05, 0.1) is 11.0 Å². The van der Waals surface area contributed by atoms with E-state index in [0.29, 0.717) is 25.7 Å². The Labute approximate surface area is 172 Å². The number of hydrogen-bond donors (Lipinski definition) is 2. The molecule has 0 aliphatic carbocycles. The van der Waals surface area contributed by atoms with Crippen molar-refractivity contribution >= 4 is 6.29 Å². The number of aliphatic hydroxyl groups is 2. The molecule has 0 spiro atoms. The van der Waals surface area contributed by atoms with Crippen molar-refractivity contribution in [2.75, 3.05) is 0 Å². The smallest absolute Gasteiger partial charge is 0.242 e. The zero-order valence-corrected chi connectivity index (χ0v) is 17.3. The van der Waals surface area contributed by atoms with Gasteiger partial charge in [0.1, 0.15) is 6.10 Å². The first kappa shape index (κ1) is 27.1. The molecule has 3 unspecified atom stereocenters. The number of nitrogens with zero attached hydrogens (tertiary/aromatic N) is 2. The molecule has 9 nitrogen and oxygen atoms in total. The summed E-state index contributed by atoms with van der Waals surface area (Å²) < 4.78 is 0. The molecular formula is C20H35N2O7. The minimum Gasteiger partial charge on any atom is -0.393 e. The van der Waals surface area contributed by atoms with Gasteiger partial charge in [-0.25, -0.2) is 0 Å². The fraction of sp³-hybridized carbons (Fsp3) is 0.850. The molecule has 0 bridgehead atoms. The van der Waals surface area contributed by atoms with Gasteiger partial charge in [-0.3, -0.25) is 25.0 Å². The number of carbonyl (C=O) groups excluding carboxylic acids is 1. The van der Waals surface area contributed by atoms with Gasteiger partial charge in [-0.2, -0.15) is 0 Å². The van der Waals surface area contributed by atoms with E-state index in [0.717, 1.165) is 38.5 Å². The molecule has 0 saturated carbocycles. The Morgan fingerprint density at radius 2 is 1.69 bits per heavy atom. The summed E-state index contributed by atoms with van der Waals surface area (Å²) in [5.74, 6) is 0. The molecular weight excluding hydrogens is 380 g/mol. The van der Waals surface area contributed by atoms with E-state index in [1.807, 2.05) is 13.2 Å². The summed E-state index contributed by atoms with van der Waals surface area (Å²) in [6, 6.07) is -1.37. The number of allylic oxidation sites excluding steroid dienone is 1. The molecule has 0 amide bonds. The van der Waals surface area contributed by atoms with E-state index >= 15 is 0 Å². The molecule has 1 radical (unpaired) electrons. The van der Waals surface area contributed by atoms with Crippen LogP contribution in [0, 0.1) is 20.2 Å². The van der Waals surface area contributed by atoms with Crippen molar-refractivity contribution in [3.63, 3.8) is 0 Å². The van der Waals surface area contributed by atoms with Crippen LogP contribution >= 0.6 is 0 Å². The Morgan fingerprint density at radius 1 is 1.03 bits per heavy atom. The van der Waals surface area contributed by atoms with Crippen LogP contribution in [-0.4, -0.2) is 44.6 Å². The number of hydrogen-bond acceptors (Lipinski definition) is 7. The Morgan fingerprint density at radius 3 is 2.28 bits per heavy atom. The molecule has 0 aliphatic rings. The van der Waals surface area contributed by atoms with Crippen LogP contribution in [0.1, 0.15) is 90.4 Å². The molecule has 0 heterocycles. The Balaban J connectivity index is 4.47. The quantitative estimate of drug-likeness (QED) is 0.186. The van der Waals surface area contributed by atoms with Crippen molar-refractivity contribution in [3.05, 3.63) is 32.0 Å². The van der Waals surface area contributed by atoms with Gasteiger partial charge in [-0.15, -0.1) is 0 Å². The number of aliphatic hydroxyl groups excluding tert-OH is 2.